The van der Waals surface area contributed by atoms with Crippen LogP contribution in [0.3, 0.4) is 0 Å². The molecule has 1 rings (SSSR count). The van der Waals surface area contributed by atoms with E-state index >= 15 is 0 Å². The lowest BCUT2D eigenvalue weighted by molar-refractivity contribution is -0.136. The largest absolute Gasteiger partial charge is 0.418 e. The smallest absolute Gasteiger partial charge is 0.398 e. The molecule has 0 fully saturated rings. The zero-order valence-electron chi connectivity index (χ0n) is 11.0. The minimum atomic E-state index is -4.65. The van der Waals surface area contributed by atoms with Gasteiger partial charge in [0, 0.05) is 13.1 Å². The van der Waals surface area contributed by atoms with Gasteiger partial charge in [-0.1, -0.05) is 6.07 Å². The van der Waals surface area contributed by atoms with Gasteiger partial charge in [-0.2, -0.15) is 13.2 Å². The Bertz CT molecular complexity index is 629. The highest BCUT2D eigenvalue weighted by Crippen LogP contribution is 2.34. The number of amides is 1. The van der Waals surface area contributed by atoms with Crippen molar-refractivity contribution in [1.82, 2.24) is 10.0 Å². The first kappa shape index (κ1) is 17.2. The Morgan fingerprint density at radius 1 is 1.29 bits per heavy atom. The first-order valence-corrected chi connectivity index (χ1v) is 7.60. The van der Waals surface area contributed by atoms with Crippen molar-refractivity contribution in [3.63, 3.8) is 0 Å². The number of carbonyl (C=O) groups is 1. The van der Waals surface area contributed by atoms with E-state index in [0.29, 0.717) is 0 Å². The molecule has 4 N–H and O–H groups in total. The Kier molecular flexibility index (Phi) is 5.18. The maximum absolute atomic E-state index is 12.6. The molecule has 0 radical (unpaired) electrons. The Balaban J connectivity index is 2.76. The van der Waals surface area contributed by atoms with Crippen LogP contribution >= 0.6 is 0 Å². The van der Waals surface area contributed by atoms with Crippen molar-refractivity contribution < 1.29 is 26.4 Å². The van der Waals surface area contributed by atoms with Crippen LogP contribution in [-0.2, 0) is 16.2 Å². The molecule has 1 aromatic carbocycles. The zero-order valence-corrected chi connectivity index (χ0v) is 11.8. The number of nitrogens with two attached hydrogens (primary N) is 1. The fraction of sp³-hybridized carbons (Fsp3) is 0.364. The minimum Gasteiger partial charge on any atom is -0.398 e. The van der Waals surface area contributed by atoms with Gasteiger partial charge in [-0.05, 0) is 12.1 Å². The Morgan fingerprint density at radius 3 is 2.43 bits per heavy atom. The lowest BCUT2D eigenvalue weighted by atomic mass is 10.1. The zero-order chi connectivity index (χ0) is 16.3. The third kappa shape index (κ3) is 5.23. The molecular weight excluding hydrogens is 311 g/mol. The number of carbonyl (C=O) groups excluding carboxylic acids is 1. The average molecular weight is 325 g/mol. The van der Waals surface area contributed by atoms with Gasteiger partial charge in [-0.15, -0.1) is 0 Å². The molecule has 1 amide bonds. The van der Waals surface area contributed by atoms with Gasteiger partial charge < -0.3 is 11.1 Å². The number of hydrogen-bond acceptors (Lipinski definition) is 4. The average Bonchev–Trinajstić information content (AvgIpc) is 2.32. The van der Waals surface area contributed by atoms with Crippen LogP contribution in [0.25, 0.3) is 0 Å². The highest BCUT2D eigenvalue weighted by Gasteiger charge is 2.34. The highest BCUT2D eigenvalue weighted by atomic mass is 32.2. The topological polar surface area (TPSA) is 101 Å². The van der Waals surface area contributed by atoms with Crippen molar-refractivity contribution in [3.05, 3.63) is 29.3 Å². The number of anilines is 1. The first-order chi connectivity index (χ1) is 9.52. The summed E-state index contributed by atoms with van der Waals surface area (Å²) in [7, 11) is -3.40. The van der Waals surface area contributed by atoms with Crippen molar-refractivity contribution in [2.24, 2.45) is 0 Å². The van der Waals surface area contributed by atoms with Crippen molar-refractivity contribution in [3.8, 4) is 0 Å². The number of nitrogen functional groups attached to an aromatic ring is 1. The number of rotatable bonds is 5. The molecule has 0 heterocycles. The summed E-state index contributed by atoms with van der Waals surface area (Å²) in [5.74, 6) is -0.811. The summed E-state index contributed by atoms with van der Waals surface area (Å²) in [5, 5.41) is 2.28. The van der Waals surface area contributed by atoms with Crippen molar-refractivity contribution in [2.45, 2.75) is 6.18 Å². The molecule has 0 aliphatic heterocycles. The van der Waals surface area contributed by atoms with Gasteiger partial charge in [0.15, 0.2) is 0 Å². The van der Waals surface area contributed by atoms with E-state index in [4.69, 9.17) is 5.73 Å². The van der Waals surface area contributed by atoms with Gasteiger partial charge >= 0.3 is 6.18 Å². The molecule has 0 aliphatic rings. The number of sulfonamides is 1. The van der Waals surface area contributed by atoms with Crippen LogP contribution < -0.4 is 15.8 Å². The lowest BCUT2D eigenvalue weighted by Crippen LogP contribution is -2.34. The summed E-state index contributed by atoms with van der Waals surface area (Å²) in [6, 6.07) is 3.00. The van der Waals surface area contributed by atoms with Gasteiger partial charge in [0.1, 0.15) is 0 Å². The van der Waals surface area contributed by atoms with Crippen LogP contribution in [-0.4, -0.2) is 33.7 Å². The normalized spacial score (nSPS) is 12.2. The van der Waals surface area contributed by atoms with Crippen LogP contribution in [0.1, 0.15) is 15.9 Å². The van der Waals surface area contributed by atoms with Crippen LogP contribution in [0.2, 0.25) is 0 Å². The fourth-order valence-corrected chi connectivity index (χ4v) is 1.99. The maximum Gasteiger partial charge on any atom is 0.418 e. The van der Waals surface area contributed by atoms with Crippen LogP contribution in [0.15, 0.2) is 18.2 Å². The van der Waals surface area contributed by atoms with Gasteiger partial charge in [0.25, 0.3) is 5.91 Å². The second kappa shape index (κ2) is 6.31. The second-order valence-electron chi connectivity index (χ2n) is 4.19. The molecule has 21 heavy (non-hydrogen) atoms. The standard InChI is InChI=1S/C11H14F3N3O3S/c1-21(19,20)17-6-5-16-10(18)7-3-2-4-8(9(7)15)11(12,13)14/h2-4,17H,5-6,15H2,1H3,(H,16,18). The fourth-order valence-electron chi connectivity index (χ4n) is 1.52. The van der Waals surface area contributed by atoms with Crippen molar-refractivity contribution in [1.29, 1.82) is 0 Å². The van der Waals surface area contributed by atoms with Gasteiger partial charge in [0.2, 0.25) is 10.0 Å². The number of alkyl halides is 3. The summed E-state index contributed by atoms with van der Waals surface area (Å²) in [6.45, 7) is -0.162. The quantitative estimate of drug-likeness (QED) is 0.544. The molecule has 0 spiro atoms. The molecule has 1 aromatic rings. The molecule has 0 atom stereocenters. The van der Waals surface area contributed by atoms with E-state index in [2.05, 4.69) is 10.0 Å². The molecule has 118 valence electrons. The van der Waals surface area contributed by atoms with E-state index in [1.807, 2.05) is 0 Å². The number of hydrogen-bond donors (Lipinski definition) is 3. The predicted octanol–water partition coefficient (Wildman–Crippen LogP) is 0.567. The molecule has 6 nitrogen and oxygen atoms in total. The highest BCUT2D eigenvalue weighted by molar-refractivity contribution is 7.88. The van der Waals surface area contributed by atoms with Crippen molar-refractivity contribution in [2.75, 3.05) is 25.1 Å². The molecule has 10 heteroatoms. The molecular formula is C11H14F3N3O3S. The number of benzene rings is 1. The molecule has 0 aliphatic carbocycles. The monoisotopic (exact) mass is 325 g/mol. The van der Waals surface area contributed by atoms with Crippen LogP contribution in [0.5, 0.6) is 0 Å². The van der Waals surface area contributed by atoms with E-state index in [0.717, 1.165) is 24.5 Å². The Morgan fingerprint density at radius 2 is 1.90 bits per heavy atom. The summed E-state index contributed by atoms with van der Waals surface area (Å²) >= 11 is 0. The second-order valence-corrected chi connectivity index (χ2v) is 6.02. The van der Waals surface area contributed by atoms with E-state index in [1.54, 1.807) is 0 Å². The molecule has 0 bridgehead atoms. The Hall–Kier alpha value is -1.81. The predicted molar refractivity (Wildman–Crippen MR) is 71.0 cm³/mol. The van der Waals surface area contributed by atoms with Gasteiger partial charge in [-0.25, -0.2) is 13.1 Å². The van der Waals surface area contributed by atoms with Gasteiger partial charge in [0.05, 0.1) is 23.1 Å². The van der Waals surface area contributed by atoms with Crippen molar-refractivity contribution >= 4 is 21.6 Å². The maximum atomic E-state index is 12.6. The number of nitrogens with one attached hydrogen (secondary N) is 2. The van der Waals surface area contributed by atoms with E-state index < -0.39 is 33.4 Å². The SMILES string of the molecule is CS(=O)(=O)NCCNC(=O)c1cccc(C(F)(F)F)c1N. The van der Waals surface area contributed by atoms with Gasteiger partial charge in [-0.3, -0.25) is 4.79 Å². The molecule has 0 saturated carbocycles. The first-order valence-electron chi connectivity index (χ1n) is 5.71. The third-order valence-electron chi connectivity index (χ3n) is 2.43. The van der Waals surface area contributed by atoms with Crippen LogP contribution in [0.4, 0.5) is 18.9 Å². The van der Waals surface area contributed by atoms with E-state index in [9.17, 15) is 26.4 Å². The third-order valence-corrected chi connectivity index (χ3v) is 3.16. The summed E-state index contributed by atoms with van der Waals surface area (Å²) < 4.78 is 61.6. The molecule has 0 aromatic heterocycles. The summed E-state index contributed by atoms with van der Waals surface area (Å²) in [5.41, 5.74) is 3.27. The Labute approximate surface area is 119 Å². The summed E-state index contributed by atoms with van der Waals surface area (Å²) in [6.07, 6.45) is -3.71. The van der Waals surface area contributed by atoms with E-state index in [-0.39, 0.29) is 18.7 Å². The molecule has 0 unspecified atom stereocenters. The van der Waals surface area contributed by atoms with E-state index in [1.165, 1.54) is 0 Å². The molecule has 0 saturated heterocycles. The van der Waals surface area contributed by atoms with Crippen LogP contribution in [0, 0.1) is 0 Å². The summed E-state index contributed by atoms with van der Waals surface area (Å²) in [4.78, 5) is 11.7. The number of halogens is 3. The number of para-hydroxylation sites is 1. The lowest BCUT2D eigenvalue weighted by Gasteiger charge is -2.13. The minimum absolute atomic E-state index is 0.0799.